The Hall–Kier alpha value is -1.85. The molecule has 5 heteroatoms. The lowest BCUT2D eigenvalue weighted by atomic mass is 10.2. The number of benzene rings is 2. The number of nitrogens with one attached hydrogen (secondary N) is 1. The lowest BCUT2D eigenvalue weighted by Gasteiger charge is -2.06. The van der Waals surface area contributed by atoms with Gasteiger partial charge in [-0.15, -0.1) is 11.8 Å². The first-order valence-electron chi connectivity index (χ1n) is 6.57. The maximum atomic E-state index is 12.7. The zero-order chi connectivity index (χ0) is 14.9. The van der Waals surface area contributed by atoms with E-state index < -0.39 is 0 Å². The van der Waals surface area contributed by atoms with Crippen molar-refractivity contribution in [2.24, 2.45) is 0 Å². The highest BCUT2D eigenvalue weighted by Gasteiger charge is 2.02. The van der Waals surface area contributed by atoms with Crippen molar-refractivity contribution in [3.8, 4) is 0 Å². The zero-order valence-corrected chi connectivity index (χ0v) is 12.2. The van der Waals surface area contributed by atoms with Crippen LogP contribution < -0.4 is 5.48 Å². The van der Waals surface area contributed by atoms with Gasteiger partial charge in [-0.2, -0.15) is 0 Å². The molecule has 0 spiro atoms. The Morgan fingerprint density at radius 1 is 1.10 bits per heavy atom. The van der Waals surface area contributed by atoms with E-state index in [0.717, 1.165) is 10.5 Å². The smallest absolute Gasteiger partial charge is 0.244 e. The number of hydrogen-bond donors (Lipinski definition) is 1. The molecule has 0 atom stereocenters. The summed E-state index contributed by atoms with van der Waals surface area (Å²) in [5, 5.41) is 0. The molecule has 2 aromatic carbocycles. The standard InChI is InChI=1S/C16H16FNO2S/c17-14-6-8-15(9-7-14)21-11-10-16(19)18-20-12-13-4-2-1-3-5-13/h1-9H,10-12H2,(H,18,19). The fourth-order valence-electron chi connectivity index (χ4n) is 1.62. The number of hydrogen-bond acceptors (Lipinski definition) is 3. The summed E-state index contributed by atoms with van der Waals surface area (Å²) < 4.78 is 12.7. The Kier molecular flexibility index (Phi) is 6.24. The van der Waals surface area contributed by atoms with E-state index >= 15 is 0 Å². The van der Waals surface area contributed by atoms with Crippen molar-refractivity contribution in [1.82, 2.24) is 5.48 Å². The molecular weight excluding hydrogens is 289 g/mol. The Morgan fingerprint density at radius 2 is 1.81 bits per heavy atom. The van der Waals surface area contributed by atoms with E-state index in [2.05, 4.69) is 5.48 Å². The number of carbonyl (C=O) groups is 1. The minimum atomic E-state index is -0.258. The van der Waals surface area contributed by atoms with Crippen LogP contribution in [0, 0.1) is 5.82 Å². The Balaban J connectivity index is 1.60. The van der Waals surface area contributed by atoms with Crippen molar-refractivity contribution in [3.05, 3.63) is 66.0 Å². The van der Waals surface area contributed by atoms with Gasteiger partial charge in [0.2, 0.25) is 5.91 Å². The van der Waals surface area contributed by atoms with Gasteiger partial charge in [-0.1, -0.05) is 30.3 Å². The summed E-state index contributed by atoms with van der Waals surface area (Å²) in [6.45, 7) is 0.345. The molecule has 0 bridgehead atoms. The van der Waals surface area contributed by atoms with Crippen molar-refractivity contribution in [1.29, 1.82) is 0 Å². The predicted octanol–water partition coefficient (Wildman–Crippen LogP) is 3.56. The summed E-state index contributed by atoms with van der Waals surface area (Å²) in [7, 11) is 0. The van der Waals surface area contributed by atoms with E-state index in [1.165, 1.54) is 23.9 Å². The van der Waals surface area contributed by atoms with E-state index in [0.29, 0.717) is 18.8 Å². The van der Waals surface area contributed by atoms with Crippen LogP contribution in [0.4, 0.5) is 4.39 Å². The summed E-state index contributed by atoms with van der Waals surface area (Å²) in [5.74, 6) is 0.193. The van der Waals surface area contributed by atoms with Gasteiger partial charge in [0.1, 0.15) is 5.82 Å². The van der Waals surface area contributed by atoms with Crippen LogP contribution in [0.5, 0.6) is 0 Å². The number of rotatable bonds is 7. The number of thioether (sulfide) groups is 1. The first-order chi connectivity index (χ1) is 10.2. The number of carbonyl (C=O) groups excluding carboxylic acids is 1. The van der Waals surface area contributed by atoms with Crippen LogP contribution in [-0.2, 0) is 16.2 Å². The largest absolute Gasteiger partial charge is 0.273 e. The highest BCUT2D eigenvalue weighted by atomic mass is 32.2. The first kappa shape index (κ1) is 15.5. The molecule has 0 heterocycles. The molecule has 2 rings (SSSR count). The minimum absolute atomic E-state index is 0.166. The molecule has 2 aromatic rings. The summed E-state index contributed by atoms with van der Waals surface area (Å²) in [6.07, 6.45) is 0.344. The fraction of sp³-hybridized carbons (Fsp3) is 0.188. The monoisotopic (exact) mass is 305 g/mol. The SMILES string of the molecule is O=C(CCSc1ccc(F)cc1)NOCc1ccccc1. The third-order valence-corrected chi connectivity index (χ3v) is 3.69. The van der Waals surface area contributed by atoms with Gasteiger partial charge < -0.3 is 0 Å². The van der Waals surface area contributed by atoms with Crippen LogP contribution in [0.15, 0.2) is 59.5 Å². The van der Waals surface area contributed by atoms with E-state index in [4.69, 9.17) is 4.84 Å². The molecule has 0 aromatic heterocycles. The highest BCUT2D eigenvalue weighted by molar-refractivity contribution is 7.99. The quantitative estimate of drug-likeness (QED) is 0.628. The zero-order valence-electron chi connectivity index (χ0n) is 11.4. The van der Waals surface area contributed by atoms with E-state index in [9.17, 15) is 9.18 Å². The van der Waals surface area contributed by atoms with Gasteiger partial charge >= 0.3 is 0 Å². The van der Waals surface area contributed by atoms with Crippen molar-refractivity contribution in [2.75, 3.05) is 5.75 Å². The average molecular weight is 305 g/mol. The highest BCUT2D eigenvalue weighted by Crippen LogP contribution is 2.18. The average Bonchev–Trinajstić information content (AvgIpc) is 2.50. The molecule has 0 saturated carbocycles. The predicted molar refractivity (Wildman–Crippen MR) is 81.1 cm³/mol. The van der Waals surface area contributed by atoms with Gasteiger partial charge in [-0.3, -0.25) is 9.63 Å². The van der Waals surface area contributed by atoms with Crippen LogP contribution in [0.1, 0.15) is 12.0 Å². The van der Waals surface area contributed by atoms with Crippen molar-refractivity contribution < 1.29 is 14.0 Å². The number of amides is 1. The van der Waals surface area contributed by atoms with Crippen LogP contribution in [0.2, 0.25) is 0 Å². The molecule has 0 saturated heterocycles. The van der Waals surface area contributed by atoms with Crippen molar-refractivity contribution >= 4 is 17.7 Å². The second-order valence-electron chi connectivity index (χ2n) is 4.35. The second-order valence-corrected chi connectivity index (χ2v) is 5.52. The third kappa shape index (κ3) is 5.97. The topological polar surface area (TPSA) is 38.3 Å². The van der Waals surface area contributed by atoms with Crippen LogP contribution in [-0.4, -0.2) is 11.7 Å². The molecule has 0 aliphatic rings. The van der Waals surface area contributed by atoms with Gasteiger partial charge in [0.05, 0.1) is 6.61 Å². The van der Waals surface area contributed by atoms with Crippen LogP contribution >= 0.6 is 11.8 Å². The van der Waals surface area contributed by atoms with Crippen LogP contribution in [0.3, 0.4) is 0 Å². The van der Waals surface area contributed by atoms with Gasteiger partial charge in [0.25, 0.3) is 0 Å². The van der Waals surface area contributed by atoms with E-state index in [1.54, 1.807) is 12.1 Å². The second kappa shape index (κ2) is 8.44. The third-order valence-electron chi connectivity index (χ3n) is 2.68. The molecule has 0 aliphatic carbocycles. The molecule has 1 N–H and O–H groups in total. The Morgan fingerprint density at radius 3 is 2.52 bits per heavy atom. The maximum Gasteiger partial charge on any atom is 0.244 e. The fourth-order valence-corrected chi connectivity index (χ4v) is 2.47. The molecule has 0 fully saturated rings. The summed E-state index contributed by atoms with van der Waals surface area (Å²) in [4.78, 5) is 17.6. The van der Waals surface area contributed by atoms with Gasteiger partial charge in [-0.05, 0) is 29.8 Å². The van der Waals surface area contributed by atoms with Gasteiger partial charge in [-0.25, -0.2) is 9.87 Å². The lowest BCUT2D eigenvalue weighted by molar-refractivity contribution is -0.134. The first-order valence-corrected chi connectivity index (χ1v) is 7.55. The molecule has 1 amide bonds. The molecule has 0 aliphatic heterocycles. The van der Waals surface area contributed by atoms with E-state index in [1.807, 2.05) is 30.3 Å². The Bertz CT molecular complexity index is 560. The summed E-state index contributed by atoms with van der Waals surface area (Å²) in [6, 6.07) is 15.8. The maximum absolute atomic E-state index is 12.7. The Labute approximate surface area is 127 Å². The molecule has 0 unspecified atom stereocenters. The lowest BCUT2D eigenvalue weighted by Crippen LogP contribution is -2.23. The molecule has 110 valence electrons. The van der Waals surface area contributed by atoms with Crippen LogP contribution in [0.25, 0.3) is 0 Å². The minimum Gasteiger partial charge on any atom is -0.273 e. The van der Waals surface area contributed by atoms with Gasteiger partial charge in [0.15, 0.2) is 0 Å². The molecule has 0 radical (unpaired) electrons. The van der Waals surface area contributed by atoms with E-state index in [-0.39, 0.29) is 11.7 Å². The number of halogens is 1. The summed E-state index contributed by atoms with van der Waals surface area (Å²) in [5.41, 5.74) is 3.41. The normalized spacial score (nSPS) is 10.3. The van der Waals surface area contributed by atoms with Gasteiger partial charge in [0, 0.05) is 17.1 Å². The molecule has 3 nitrogen and oxygen atoms in total. The van der Waals surface area contributed by atoms with Crippen molar-refractivity contribution in [2.45, 2.75) is 17.9 Å². The molecular formula is C16H16FNO2S. The summed E-state index contributed by atoms with van der Waals surface area (Å²) >= 11 is 1.50. The number of hydroxylamine groups is 1. The van der Waals surface area contributed by atoms with Crippen molar-refractivity contribution in [3.63, 3.8) is 0 Å². The molecule has 21 heavy (non-hydrogen) atoms.